The Morgan fingerprint density at radius 2 is 2.00 bits per heavy atom. The van der Waals surface area contributed by atoms with Gasteiger partial charge < -0.3 is 4.74 Å². The van der Waals surface area contributed by atoms with Gasteiger partial charge in [0.1, 0.15) is 0 Å². The molecule has 2 saturated carbocycles. The number of nitrogens with two attached hydrogens (primary N) is 1. The average molecular weight is 212 g/mol. The van der Waals surface area contributed by atoms with E-state index in [0.29, 0.717) is 6.04 Å². The Balaban J connectivity index is 1.75. The molecule has 2 rings (SSSR count). The highest BCUT2D eigenvalue weighted by Crippen LogP contribution is 2.57. The molecule has 0 aromatic carbocycles. The standard InChI is InChI=1S/C12H24N2O/c1-15-8-4-7-11(14-13)12-9-5-2-3-6-10(9)12/h9-12,14H,2-8,13H2,1H3. The molecule has 2 aliphatic carbocycles. The molecule has 0 saturated heterocycles. The van der Waals surface area contributed by atoms with Crippen molar-refractivity contribution in [1.82, 2.24) is 5.43 Å². The predicted molar refractivity (Wildman–Crippen MR) is 61.2 cm³/mol. The molecule has 2 aliphatic rings. The van der Waals surface area contributed by atoms with Crippen LogP contribution in [-0.4, -0.2) is 19.8 Å². The molecule has 3 atom stereocenters. The first-order valence-electron chi connectivity index (χ1n) is 6.33. The molecule has 0 spiro atoms. The number of hydrogen-bond acceptors (Lipinski definition) is 3. The van der Waals surface area contributed by atoms with Crippen molar-refractivity contribution >= 4 is 0 Å². The van der Waals surface area contributed by atoms with E-state index >= 15 is 0 Å². The van der Waals surface area contributed by atoms with E-state index < -0.39 is 0 Å². The molecular formula is C12H24N2O. The number of hydrogen-bond donors (Lipinski definition) is 2. The van der Waals surface area contributed by atoms with Crippen LogP contribution in [0, 0.1) is 17.8 Å². The van der Waals surface area contributed by atoms with Crippen molar-refractivity contribution in [2.75, 3.05) is 13.7 Å². The Kier molecular flexibility index (Phi) is 4.00. The van der Waals surface area contributed by atoms with Crippen LogP contribution in [0.4, 0.5) is 0 Å². The molecule has 0 heterocycles. The van der Waals surface area contributed by atoms with Crippen LogP contribution in [0.1, 0.15) is 38.5 Å². The third-order valence-electron chi connectivity index (χ3n) is 4.27. The summed E-state index contributed by atoms with van der Waals surface area (Å²) in [5.41, 5.74) is 3.02. The van der Waals surface area contributed by atoms with Crippen LogP contribution in [-0.2, 0) is 4.74 Å². The molecule has 3 N–H and O–H groups in total. The quantitative estimate of drug-likeness (QED) is 0.400. The summed E-state index contributed by atoms with van der Waals surface area (Å²) in [7, 11) is 1.77. The van der Waals surface area contributed by atoms with Crippen LogP contribution in [0.25, 0.3) is 0 Å². The van der Waals surface area contributed by atoms with Crippen molar-refractivity contribution in [2.45, 2.75) is 44.6 Å². The van der Waals surface area contributed by atoms with Crippen LogP contribution in [0.2, 0.25) is 0 Å². The van der Waals surface area contributed by atoms with Crippen molar-refractivity contribution < 1.29 is 4.74 Å². The lowest BCUT2D eigenvalue weighted by Crippen LogP contribution is -2.37. The van der Waals surface area contributed by atoms with Crippen LogP contribution in [0.15, 0.2) is 0 Å². The largest absolute Gasteiger partial charge is 0.385 e. The maximum Gasteiger partial charge on any atom is 0.0462 e. The van der Waals surface area contributed by atoms with Crippen molar-refractivity contribution in [2.24, 2.45) is 23.6 Å². The van der Waals surface area contributed by atoms with E-state index in [-0.39, 0.29) is 0 Å². The average Bonchev–Trinajstić information content (AvgIpc) is 2.99. The smallest absolute Gasteiger partial charge is 0.0462 e. The molecule has 0 amide bonds. The minimum Gasteiger partial charge on any atom is -0.385 e. The van der Waals surface area contributed by atoms with Gasteiger partial charge >= 0.3 is 0 Å². The third-order valence-corrected chi connectivity index (χ3v) is 4.27. The molecule has 0 bridgehead atoms. The van der Waals surface area contributed by atoms with E-state index in [1.165, 1.54) is 32.1 Å². The van der Waals surface area contributed by atoms with E-state index in [1.54, 1.807) is 7.11 Å². The summed E-state index contributed by atoms with van der Waals surface area (Å²) in [4.78, 5) is 0. The molecule has 3 unspecified atom stereocenters. The topological polar surface area (TPSA) is 47.3 Å². The van der Waals surface area contributed by atoms with Gasteiger partial charge in [0.25, 0.3) is 0 Å². The van der Waals surface area contributed by atoms with Crippen molar-refractivity contribution in [3.63, 3.8) is 0 Å². The zero-order chi connectivity index (χ0) is 10.7. The van der Waals surface area contributed by atoms with Gasteiger partial charge in [0.05, 0.1) is 0 Å². The van der Waals surface area contributed by atoms with Gasteiger partial charge in [0, 0.05) is 19.8 Å². The second-order valence-electron chi connectivity index (χ2n) is 5.10. The monoisotopic (exact) mass is 212 g/mol. The second kappa shape index (κ2) is 5.28. The number of hydrazine groups is 1. The lowest BCUT2D eigenvalue weighted by molar-refractivity contribution is 0.186. The normalized spacial score (nSPS) is 36.0. The number of ether oxygens (including phenoxy) is 1. The molecule has 0 aromatic rings. The zero-order valence-electron chi connectivity index (χ0n) is 9.74. The summed E-state index contributed by atoms with van der Waals surface area (Å²) < 4.78 is 5.09. The van der Waals surface area contributed by atoms with E-state index in [2.05, 4.69) is 5.43 Å². The summed E-state index contributed by atoms with van der Waals surface area (Å²) in [5.74, 6) is 8.51. The third kappa shape index (κ3) is 2.52. The SMILES string of the molecule is COCCCC(NN)C1C2CCCCC21. The van der Waals surface area contributed by atoms with Gasteiger partial charge in [-0.15, -0.1) is 0 Å². The fourth-order valence-electron chi connectivity index (χ4n) is 3.48. The predicted octanol–water partition coefficient (Wildman–Crippen LogP) is 1.68. The molecule has 15 heavy (non-hydrogen) atoms. The Hall–Kier alpha value is -0.120. The van der Waals surface area contributed by atoms with Gasteiger partial charge in [-0.1, -0.05) is 12.8 Å². The molecule has 0 aromatic heterocycles. The van der Waals surface area contributed by atoms with Crippen molar-refractivity contribution in [3.8, 4) is 0 Å². The highest BCUT2D eigenvalue weighted by Gasteiger charge is 2.53. The van der Waals surface area contributed by atoms with E-state index in [1.807, 2.05) is 0 Å². The van der Waals surface area contributed by atoms with Gasteiger partial charge in [-0.2, -0.15) is 0 Å². The number of nitrogens with one attached hydrogen (secondary N) is 1. The van der Waals surface area contributed by atoms with Crippen LogP contribution in [0.3, 0.4) is 0 Å². The van der Waals surface area contributed by atoms with Gasteiger partial charge in [-0.05, 0) is 43.4 Å². The van der Waals surface area contributed by atoms with Crippen molar-refractivity contribution in [3.05, 3.63) is 0 Å². The highest BCUT2D eigenvalue weighted by molar-refractivity contribution is 5.03. The summed E-state index contributed by atoms with van der Waals surface area (Å²) in [6.45, 7) is 0.861. The maximum atomic E-state index is 5.66. The molecule has 0 radical (unpaired) electrons. The number of fused-ring (bicyclic) bond motifs is 1. The van der Waals surface area contributed by atoms with Crippen LogP contribution < -0.4 is 11.3 Å². The first-order chi connectivity index (χ1) is 7.38. The lowest BCUT2D eigenvalue weighted by Gasteiger charge is -2.15. The van der Waals surface area contributed by atoms with Gasteiger partial charge in [0.15, 0.2) is 0 Å². The van der Waals surface area contributed by atoms with Gasteiger partial charge in [-0.3, -0.25) is 11.3 Å². The summed E-state index contributed by atoms with van der Waals surface area (Å²) in [6.07, 6.45) is 8.05. The first-order valence-corrected chi connectivity index (χ1v) is 6.33. The first kappa shape index (κ1) is 11.4. The lowest BCUT2D eigenvalue weighted by atomic mass is 10.0. The van der Waals surface area contributed by atoms with E-state index in [9.17, 15) is 0 Å². The van der Waals surface area contributed by atoms with Crippen LogP contribution >= 0.6 is 0 Å². The summed E-state index contributed by atoms with van der Waals surface area (Å²) in [6, 6.07) is 0.535. The summed E-state index contributed by atoms with van der Waals surface area (Å²) in [5, 5.41) is 0. The van der Waals surface area contributed by atoms with Crippen LogP contribution in [0.5, 0.6) is 0 Å². The Morgan fingerprint density at radius 3 is 2.53 bits per heavy atom. The van der Waals surface area contributed by atoms with E-state index in [4.69, 9.17) is 10.6 Å². The molecule has 3 nitrogen and oxygen atoms in total. The summed E-state index contributed by atoms with van der Waals surface area (Å²) >= 11 is 0. The van der Waals surface area contributed by atoms with Crippen molar-refractivity contribution in [1.29, 1.82) is 0 Å². The Labute approximate surface area is 92.7 Å². The van der Waals surface area contributed by atoms with E-state index in [0.717, 1.165) is 30.8 Å². The Morgan fingerprint density at radius 1 is 1.33 bits per heavy atom. The zero-order valence-corrected chi connectivity index (χ0v) is 9.74. The molecule has 0 aliphatic heterocycles. The fourth-order valence-corrected chi connectivity index (χ4v) is 3.48. The molecular weight excluding hydrogens is 188 g/mol. The molecule has 3 heteroatoms. The number of methoxy groups -OCH3 is 1. The number of rotatable bonds is 6. The molecule has 2 fully saturated rings. The van der Waals surface area contributed by atoms with Gasteiger partial charge in [0.2, 0.25) is 0 Å². The maximum absolute atomic E-state index is 5.66. The fraction of sp³-hybridized carbons (Fsp3) is 1.00. The minimum atomic E-state index is 0.535. The second-order valence-corrected chi connectivity index (χ2v) is 5.10. The Bertz CT molecular complexity index is 186. The van der Waals surface area contributed by atoms with Gasteiger partial charge in [-0.25, -0.2) is 0 Å². The molecule has 88 valence electrons. The highest BCUT2D eigenvalue weighted by atomic mass is 16.5. The minimum absolute atomic E-state index is 0.535.